The van der Waals surface area contributed by atoms with Crippen LogP contribution in [0.3, 0.4) is 0 Å². The Labute approximate surface area is 165 Å². The number of amides is 1. The van der Waals surface area contributed by atoms with Gasteiger partial charge in [0, 0.05) is 17.3 Å². The molecule has 0 aliphatic rings. The number of rotatable bonds is 7. The van der Waals surface area contributed by atoms with Crippen molar-refractivity contribution in [3.05, 3.63) is 59.6 Å². The lowest BCUT2D eigenvalue weighted by atomic mass is 10.2. The Morgan fingerprint density at radius 2 is 1.93 bits per heavy atom. The van der Waals surface area contributed by atoms with Gasteiger partial charge in [-0.2, -0.15) is 9.94 Å². The molecule has 1 amide bonds. The Morgan fingerprint density at radius 3 is 2.63 bits per heavy atom. The van der Waals surface area contributed by atoms with Crippen LogP contribution >= 0.6 is 23.4 Å². The van der Waals surface area contributed by atoms with Gasteiger partial charge in [0.25, 0.3) is 0 Å². The zero-order chi connectivity index (χ0) is 19.1. The van der Waals surface area contributed by atoms with Gasteiger partial charge in [0.05, 0.1) is 23.9 Å². The number of aromatic nitrogens is 4. The predicted octanol–water partition coefficient (Wildman–Crippen LogP) is 3.35. The maximum Gasteiger partial charge on any atom is 0.237 e. The van der Waals surface area contributed by atoms with Crippen LogP contribution in [0.15, 0.2) is 59.8 Å². The molecule has 136 valence electrons. The van der Waals surface area contributed by atoms with Gasteiger partial charge in [-0.15, -0.1) is 5.10 Å². The summed E-state index contributed by atoms with van der Waals surface area (Å²) < 4.78 is 1.55. The number of anilines is 1. The Bertz CT molecular complexity index is 938. The smallest absolute Gasteiger partial charge is 0.237 e. The van der Waals surface area contributed by atoms with Gasteiger partial charge in [-0.05, 0) is 46.8 Å². The molecule has 0 radical (unpaired) electrons. The molecule has 7 nitrogen and oxygen atoms in total. The zero-order valence-electron chi connectivity index (χ0n) is 14.2. The van der Waals surface area contributed by atoms with Crippen molar-refractivity contribution < 1.29 is 4.79 Å². The number of para-hydroxylation sites is 1. The van der Waals surface area contributed by atoms with E-state index in [1.54, 1.807) is 33.8 Å². The fourth-order valence-corrected chi connectivity index (χ4v) is 3.28. The summed E-state index contributed by atoms with van der Waals surface area (Å²) in [6, 6.07) is 18.5. The molecule has 0 fully saturated rings. The molecule has 9 heteroatoms. The van der Waals surface area contributed by atoms with Crippen molar-refractivity contribution in [1.82, 2.24) is 20.2 Å². The molecule has 2 aromatic carbocycles. The number of benzene rings is 2. The second-order valence-electron chi connectivity index (χ2n) is 5.43. The van der Waals surface area contributed by atoms with Crippen LogP contribution in [0.1, 0.15) is 6.42 Å². The average Bonchev–Trinajstić information content (AvgIpc) is 3.16. The minimum atomic E-state index is -0.118. The van der Waals surface area contributed by atoms with Gasteiger partial charge in [-0.3, -0.25) is 4.79 Å². The summed E-state index contributed by atoms with van der Waals surface area (Å²) in [7, 11) is 0. The van der Waals surface area contributed by atoms with E-state index in [-0.39, 0.29) is 18.1 Å². The van der Waals surface area contributed by atoms with Gasteiger partial charge >= 0.3 is 0 Å². The van der Waals surface area contributed by atoms with Crippen LogP contribution in [0.4, 0.5) is 5.69 Å². The maximum absolute atomic E-state index is 12.7. The van der Waals surface area contributed by atoms with Crippen LogP contribution in [0.2, 0.25) is 5.02 Å². The predicted molar refractivity (Wildman–Crippen MR) is 104 cm³/mol. The van der Waals surface area contributed by atoms with Gasteiger partial charge in [0.1, 0.15) is 0 Å². The molecule has 0 N–H and O–H groups in total. The number of hydrogen-bond acceptors (Lipinski definition) is 6. The van der Waals surface area contributed by atoms with Crippen molar-refractivity contribution >= 4 is 35.0 Å². The Morgan fingerprint density at radius 1 is 1.19 bits per heavy atom. The van der Waals surface area contributed by atoms with Crippen LogP contribution in [0.25, 0.3) is 5.69 Å². The molecule has 0 aliphatic heterocycles. The van der Waals surface area contributed by atoms with Crippen molar-refractivity contribution in [1.29, 1.82) is 5.26 Å². The van der Waals surface area contributed by atoms with Crippen molar-refractivity contribution in [2.45, 2.75) is 11.6 Å². The van der Waals surface area contributed by atoms with E-state index in [1.807, 2.05) is 30.3 Å². The standard InChI is InChI=1S/C18H15ClN6OS/c19-14-7-9-16(10-8-14)25-18(21-22-23-25)27-13-17(26)24(12-4-11-20)15-5-2-1-3-6-15/h1-3,5-10H,4,12-13H2. The monoisotopic (exact) mass is 398 g/mol. The topological polar surface area (TPSA) is 87.7 Å². The molecule has 1 heterocycles. The summed E-state index contributed by atoms with van der Waals surface area (Å²) in [5.41, 5.74) is 1.51. The second kappa shape index (κ2) is 9.16. The largest absolute Gasteiger partial charge is 0.311 e. The lowest BCUT2D eigenvalue weighted by Gasteiger charge is -2.21. The highest BCUT2D eigenvalue weighted by Gasteiger charge is 2.18. The fourth-order valence-electron chi connectivity index (χ4n) is 2.38. The Balaban J connectivity index is 1.72. The lowest BCUT2D eigenvalue weighted by Crippen LogP contribution is -2.33. The Kier molecular flexibility index (Phi) is 6.41. The maximum atomic E-state index is 12.7. The molecule has 0 aliphatic carbocycles. The number of carbonyl (C=O) groups is 1. The summed E-state index contributed by atoms with van der Waals surface area (Å²) in [5, 5.41) is 21.6. The quantitative estimate of drug-likeness (QED) is 0.567. The zero-order valence-corrected chi connectivity index (χ0v) is 15.8. The van der Waals surface area contributed by atoms with E-state index in [2.05, 4.69) is 21.6 Å². The molecule has 3 aromatic rings. The summed E-state index contributed by atoms with van der Waals surface area (Å²) in [6.45, 7) is 0.335. The van der Waals surface area contributed by atoms with Crippen LogP contribution in [0, 0.1) is 11.3 Å². The van der Waals surface area contributed by atoms with E-state index < -0.39 is 0 Å². The number of nitriles is 1. The van der Waals surface area contributed by atoms with Gasteiger partial charge in [0.2, 0.25) is 11.1 Å². The first kappa shape index (κ1) is 18.9. The molecule has 0 spiro atoms. The average molecular weight is 399 g/mol. The van der Waals surface area contributed by atoms with Gasteiger partial charge in [-0.1, -0.05) is 41.6 Å². The van der Waals surface area contributed by atoms with E-state index in [4.69, 9.17) is 16.9 Å². The van der Waals surface area contributed by atoms with Crippen LogP contribution in [0.5, 0.6) is 0 Å². The third-order valence-electron chi connectivity index (χ3n) is 3.65. The van der Waals surface area contributed by atoms with E-state index in [9.17, 15) is 4.79 Å². The number of carbonyl (C=O) groups excluding carboxylic acids is 1. The Hall–Kier alpha value is -2.89. The van der Waals surface area contributed by atoms with Crippen molar-refractivity contribution in [2.24, 2.45) is 0 Å². The van der Waals surface area contributed by atoms with Crippen LogP contribution in [-0.4, -0.2) is 38.4 Å². The van der Waals surface area contributed by atoms with E-state index in [1.165, 1.54) is 11.8 Å². The SMILES string of the molecule is N#CCCN(C(=O)CSc1nnnn1-c1ccc(Cl)cc1)c1ccccc1. The third-order valence-corrected chi connectivity index (χ3v) is 4.81. The molecule has 27 heavy (non-hydrogen) atoms. The second-order valence-corrected chi connectivity index (χ2v) is 6.81. The van der Waals surface area contributed by atoms with E-state index in [0.717, 1.165) is 11.4 Å². The van der Waals surface area contributed by atoms with E-state index in [0.29, 0.717) is 16.7 Å². The van der Waals surface area contributed by atoms with Crippen molar-refractivity contribution in [2.75, 3.05) is 17.2 Å². The summed E-state index contributed by atoms with van der Waals surface area (Å²) >= 11 is 7.15. The normalized spacial score (nSPS) is 10.4. The van der Waals surface area contributed by atoms with Crippen LogP contribution in [-0.2, 0) is 4.79 Å². The first-order valence-electron chi connectivity index (χ1n) is 8.08. The fraction of sp³-hybridized carbons (Fsp3) is 0.167. The molecule has 0 saturated heterocycles. The number of tetrazole rings is 1. The molecular formula is C18H15ClN6OS. The van der Waals surface area contributed by atoms with Crippen molar-refractivity contribution in [3.8, 4) is 11.8 Å². The minimum Gasteiger partial charge on any atom is -0.311 e. The molecule has 0 saturated carbocycles. The highest BCUT2D eigenvalue weighted by Crippen LogP contribution is 2.22. The third kappa shape index (κ3) is 4.84. The van der Waals surface area contributed by atoms with Gasteiger partial charge in [-0.25, -0.2) is 0 Å². The minimum absolute atomic E-state index is 0.118. The number of hydrogen-bond donors (Lipinski definition) is 0. The summed E-state index contributed by atoms with van der Waals surface area (Å²) in [6.07, 6.45) is 0.258. The molecule has 1 aromatic heterocycles. The molecule has 0 unspecified atom stereocenters. The highest BCUT2D eigenvalue weighted by molar-refractivity contribution is 7.99. The van der Waals surface area contributed by atoms with Gasteiger partial charge in [0.15, 0.2) is 0 Å². The lowest BCUT2D eigenvalue weighted by molar-refractivity contribution is -0.116. The molecular weight excluding hydrogens is 384 g/mol. The molecule has 3 rings (SSSR count). The van der Waals surface area contributed by atoms with Crippen LogP contribution < -0.4 is 4.90 Å². The first-order chi connectivity index (χ1) is 13.2. The number of thioether (sulfide) groups is 1. The van der Waals surface area contributed by atoms with Crippen molar-refractivity contribution in [3.63, 3.8) is 0 Å². The summed E-state index contributed by atoms with van der Waals surface area (Å²) in [5.74, 6) is 0.0287. The number of nitrogens with zero attached hydrogens (tertiary/aromatic N) is 6. The van der Waals surface area contributed by atoms with E-state index >= 15 is 0 Å². The molecule has 0 atom stereocenters. The summed E-state index contributed by atoms with van der Waals surface area (Å²) in [4.78, 5) is 14.3. The molecule has 0 bridgehead atoms. The van der Waals surface area contributed by atoms with Gasteiger partial charge < -0.3 is 4.90 Å². The first-order valence-corrected chi connectivity index (χ1v) is 9.45. The highest BCUT2D eigenvalue weighted by atomic mass is 35.5. The number of halogens is 1.